The lowest BCUT2D eigenvalue weighted by Gasteiger charge is -2.43. The molecule has 2 heterocycles. The van der Waals surface area contributed by atoms with Gasteiger partial charge in [-0.15, -0.1) is 0 Å². The molecule has 0 saturated carbocycles. The lowest BCUT2D eigenvalue weighted by molar-refractivity contribution is -0.340. The number of aromatic hydroxyl groups is 1. The first-order chi connectivity index (χ1) is 18.7. The molecule has 2 aliphatic heterocycles. The minimum absolute atomic E-state index is 0.00355. The second-order valence-corrected chi connectivity index (χ2v) is 9.18. The minimum Gasteiger partial charge on any atom is -0.508 e. The largest absolute Gasteiger partial charge is 0.508 e. The van der Waals surface area contributed by atoms with Gasteiger partial charge in [-0.25, -0.2) is 9.59 Å². The summed E-state index contributed by atoms with van der Waals surface area (Å²) in [6.45, 7) is -1.20. The van der Waals surface area contributed by atoms with E-state index in [0.717, 1.165) is 19.4 Å². The van der Waals surface area contributed by atoms with Gasteiger partial charge >= 0.3 is 11.9 Å². The average Bonchev–Trinajstić information content (AvgIpc) is 3.31. The number of fused-ring (bicyclic) bond motifs is 1. The van der Waals surface area contributed by atoms with E-state index in [9.17, 15) is 40.2 Å². The number of rotatable bonds is 8. The fraction of sp³-hybridized carbons (Fsp3) is 0.462. The van der Waals surface area contributed by atoms with Crippen LogP contribution in [-0.4, -0.2) is 106 Å². The van der Waals surface area contributed by atoms with Crippen LogP contribution in [0.25, 0.3) is 6.08 Å². The topological polar surface area (TPSA) is 202 Å². The molecule has 1 saturated heterocycles. The standard InChI is InChI=1S/C26H30O13/c1-35-24(34)15-11-36-25(39-26-23(33)22(32)21(31)17(10-28)38-26)19-13(9-27)8-16(20(15)19)37-18(30)7-4-12-2-5-14(29)6-3-12/h2-8,11,16-17,19-23,25-29,31-33H,9-10H2,1H3. The summed E-state index contributed by atoms with van der Waals surface area (Å²) < 4.78 is 27.2. The Hall–Kier alpha value is -3.30. The zero-order chi connectivity index (χ0) is 28.3. The van der Waals surface area contributed by atoms with Gasteiger partial charge in [0.05, 0.1) is 38.1 Å². The molecule has 1 aromatic rings. The van der Waals surface area contributed by atoms with Gasteiger partial charge in [0.25, 0.3) is 0 Å². The number of hydrogen-bond donors (Lipinski definition) is 6. The number of aliphatic hydroxyl groups excluding tert-OH is 5. The van der Waals surface area contributed by atoms with Gasteiger partial charge in [0.2, 0.25) is 6.29 Å². The van der Waals surface area contributed by atoms with Gasteiger partial charge in [-0.05, 0) is 35.4 Å². The van der Waals surface area contributed by atoms with Crippen molar-refractivity contribution in [3.63, 3.8) is 0 Å². The number of phenolic OH excluding ortho intramolecular Hbond substituents is 1. The van der Waals surface area contributed by atoms with E-state index in [0.29, 0.717) is 11.1 Å². The molecule has 0 aromatic heterocycles. The van der Waals surface area contributed by atoms with Crippen molar-refractivity contribution in [3.05, 3.63) is 59.4 Å². The molecule has 9 unspecified atom stereocenters. The molecule has 0 bridgehead atoms. The second-order valence-electron chi connectivity index (χ2n) is 9.18. The number of ether oxygens (including phenoxy) is 5. The molecule has 0 radical (unpaired) electrons. The molecule has 1 fully saturated rings. The number of hydrogen-bond acceptors (Lipinski definition) is 13. The van der Waals surface area contributed by atoms with Gasteiger partial charge in [0.1, 0.15) is 36.3 Å². The number of carbonyl (C=O) groups excluding carboxylic acids is 2. The van der Waals surface area contributed by atoms with E-state index in [1.165, 1.54) is 24.3 Å². The van der Waals surface area contributed by atoms with Crippen LogP contribution in [0.1, 0.15) is 5.56 Å². The fourth-order valence-corrected chi connectivity index (χ4v) is 4.80. The second kappa shape index (κ2) is 12.3. The Morgan fingerprint density at radius 3 is 2.36 bits per heavy atom. The Bertz CT molecular complexity index is 1130. The third kappa shape index (κ3) is 5.99. The van der Waals surface area contributed by atoms with E-state index in [1.54, 1.807) is 12.1 Å². The van der Waals surface area contributed by atoms with E-state index in [-0.39, 0.29) is 11.3 Å². The summed E-state index contributed by atoms with van der Waals surface area (Å²) in [5, 5.41) is 59.5. The van der Waals surface area contributed by atoms with Crippen LogP contribution in [-0.2, 0) is 33.3 Å². The van der Waals surface area contributed by atoms with Crippen LogP contribution in [0.5, 0.6) is 5.75 Å². The maximum absolute atomic E-state index is 12.7. The van der Waals surface area contributed by atoms with Crippen molar-refractivity contribution in [1.82, 2.24) is 0 Å². The number of methoxy groups -OCH3 is 1. The van der Waals surface area contributed by atoms with Gasteiger partial charge in [-0.2, -0.15) is 0 Å². The Labute approximate surface area is 222 Å². The summed E-state index contributed by atoms with van der Waals surface area (Å²) in [6, 6.07) is 6.08. The Kier molecular flexibility index (Phi) is 9.02. The van der Waals surface area contributed by atoms with E-state index in [1.807, 2.05) is 0 Å². The smallest absolute Gasteiger partial charge is 0.337 e. The molecule has 9 atom stereocenters. The van der Waals surface area contributed by atoms with Crippen LogP contribution < -0.4 is 0 Å². The first-order valence-electron chi connectivity index (χ1n) is 12.1. The van der Waals surface area contributed by atoms with E-state index >= 15 is 0 Å². The Morgan fingerprint density at radius 1 is 1.00 bits per heavy atom. The van der Waals surface area contributed by atoms with Crippen molar-refractivity contribution in [2.75, 3.05) is 20.3 Å². The van der Waals surface area contributed by atoms with Crippen molar-refractivity contribution in [2.24, 2.45) is 11.8 Å². The molecule has 0 spiro atoms. The molecule has 212 valence electrons. The first-order valence-corrected chi connectivity index (χ1v) is 12.1. The molecule has 1 aromatic carbocycles. The third-order valence-corrected chi connectivity index (χ3v) is 6.81. The van der Waals surface area contributed by atoms with Crippen LogP contribution in [0, 0.1) is 11.8 Å². The molecule has 13 nitrogen and oxygen atoms in total. The fourth-order valence-electron chi connectivity index (χ4n) is 4.80. The van der Waals surface area contributed by atoms with Crippen LogP contribution in [0.15, 0.2) is 53.8 Å². The van der Waals surface area contributed by atoms with Crippen LogP contribution in [0.4, 0.5) is 0 Å². The van der Waals surface area contributed by atoms with E-state index < -0.39 is 80.1 Å². The Balaban J connectivity index is 1.56. The lowest BCUT2D eigenvalue weighted by Crippen LogP contribution is -2.60. The highest BCUT2D eigenvalue weighted by molar-refractivity contribution is 5.90. The predicted octanol–water partition coefficient (Wildman–Crippen LogP) is -1.29. The minimum atomic E-state index is -1.72. The van der Waals surface area contributed by atoms with Gasteiger partial charge < -0.3 is 54.3 Å². The van der Waals surface area contributed by atoms with E-state index in [4.69, 9.17) is 23.7 Å². The SMILES string of the molecule is COC(=O)C1=COC(OC2OC(CO)C(O)C(O)C2O)C2C(CO)=CC(OC(=O)C=Cc3ccc(O)cc3)C12. The normalized spacial score (nSPS) is 34.1. The summed E-state index contributed by atoms with van der Waals surface area (Å²) in [5.74, 6) is -3.31. The highest BCUT2D eigenvalue weighted by Crippen LogP contribution is 2.45. The molecule has 39 heavy (non-hydrogen) atoms. The van der Waals surface area contributed by atoms with Gasteiger partial charge in [-0.3, -0.25) is 0 Å². The van der Waals surface area contributed by atoms with Gasteiger partial charge in [-0.1, -0.05) is 12.1 Å². The molecule has 1 aliphatic carbocycles. The van der Waals surface area contributed by atoms with Crippen molar-refractivity contribution in [2.45, 2.75) is 43.1 Å². The highest BCUT2D eigenvalue weighted by Gasteiger charge is 2.53. The quantitative estimate of drug-likeness (QED) is 0.127. The molecular weight excluding hydrogens is 520 g/mol. The summed E-state index contributed by atoms with van der Waals surface area (Å²) in [5.41, 5.74) is 0.912. The van der Waals surface area contributed by atoms with Crippen molar-refractivity contribution in [1.29, 1.82) is 0 Å². The molecule has 13 heteroatoms. The predicted molar refractivity (Wildman–Crippen MR) is 129 cm³/mol. The average molecular weight is 551 g/mol. The van der Waals surface area contributed by atoms with E-state index in [2.05, 4.69) is 0 Å². The van der Waals surface area contributed by atoms with Gasteiger partial charge in [0, 0.05) is 12.0 Å². The monoisotopic (exact) mass is 550 g/mol. The number of phenols is 1. The summed E-state index contributed by atoms with van der Waals surface area (Å²) in [7, 11) is 1.16. The van der Waals surface area contributed by atoms with Crippen LogP contribution >= 0.6 is 0 Å². The maximum Gasteiger partial charge on any atom is 0.337 e. The summed E-state index contributed by atoms with van der Waals surface area (Å²) in [4.78, 5) is 25.2. The Morgan fingerprint density at radius 2 is 1.72 bits per heavy atom. The third-order valence-electron chi connectivity index (χ3n) is 6.81. The van der Waals surface area contributed by atoms with Crippen molar-refractivity contribution >= 4 is 18.0 Å². The first kappa shape index (κ1) is 28.7. The van der Waals surface area contributed by atoms with Crippen molar-refractivity contribution < 1.29 is 63.9 Å². The number of esters is 2. The zero-order valence-electron chi connectivity index (χ0n) is 20.8. The molecule has 6 N–H and O–H groups in total. The maximum atomic E-state index is 12.7. The molecular formula is C26H30O13. The number of benzene rings is 1. The van der Waals surface area contributed by atoms with Crippen LogP contribution in [0.3, 0.4) is 0 Å². The number of carbonyl (C=O) groups is 2. The lowest BCUT2D eigenvalue weighted by atomic mass is 9.82. The summed E-state index contributed by atoms with van der Waals surface area (Å²) in [6.07, 6.45) is -5.04. The molecule has 0 amide bonds. The van der Waals surface area contributed by atoms with Gasteiger partial charge in [0.15, 0.2) is 6.29 Å². The molecule has 3 aliphatic rings. The molecule has 4 rings (SSSR count). The summed E-state index contributed by atoms with van der Waals surface area (Å²) >= 11 is 0. The highest BCUT2D eigenvalue weighted by atomic mass is 16.8. The number of aliphatic hydroxyl groups is 5. The zero-order valence-corrected chi connectivity index (χ0v) is 20.8. The van der Waals surface area contributed by atoms with Crippen LogP contribution in [0.2, 0.25) is 0 Å². The van der Waals surface area contributed by atoms with Crippen molar-refractivity contribution in [3.8, 4) is 5.75 Å².